The third kappa shape index (κ3) is 2.29. The van der Waals surface area contributed by atoms with Gasteiger partial charge in [0.15, 0.2) is 0 Å². The molecule has 0 saturated heterocycles. The molecule has 0 radical (unpaired) electrons. The number of halogens is 2. The molecule has 4 heteroatoms. The summed E-state index contributed by atoms with van der Waals surface area (Å²) in [5.74, 6) is -2.98. The van der Waals surface area contributed by atoms with Gasteiger partial charge in [0.2, 0.25) is 11.8 Å². The van der Waals surface area contributed by atoms with Crippen LogP contribution in [0.4, 0.5) is 8.78 Å². The summed E-state index contributed by atoms with van der Waals surface area (Å²) < 4.78 is 25.1. The molecule has 1 atom stereocenters. The SMILES string of the molecule is C=CC(=O)NC1CCC(F)(F)C1. The molecule has 2 nitrogen and oxygen atoms in total. The minimum atomic E-state index is -2.60. The Balaban J connectivity index is 2.38. The first kappa shape index (κ1) is 9.16. The third-order valence-electron chi connectivity index (χ3n) is 1.94. The van der Waals surface area contributed by atoms with Crippen molar-refractivity contribution in [3.63, 3.8) is 0 Å². The van der Waals surface area contributed by atoms with Crippen molar-refractivity contribution in [2.45, 2.75) is 31.2 Å². The Morgan fingerprint density at radius 1 is 1.67 bits per heavy atom. The molecule has 0 aromatic rings. The molecule has 0 aromatic carbocycles. The van der Waals surface area contributed by atoms with E-state index in [9.17, 15) is 13.6 Å². The summed E-state index contributed by atoms with van der Waals surface area (Å²) in [6, 6.07) is -0.384. The van der Waals surface area contributed by atoms with Crippen LogP contribution in [0.25, 0.3) is 0 Å². The molecule has 0 heterocycles. The van der Waals surface area contributed by atoms with Gasteiger partial charge in [-0.05, 0) is 12.5 Å². The van der Waals surface area contributed by atoms with Gasteiger partial charge in [-0.15, -0.1) is 0 Å². The monoisotopic (exact) mass is 175 g/mol. The molecule has 1 unspecified atom stereocenters. The molecule has 0 spiro atoms. The number of nitrogens with one attached hydrogen (secondary N) is 1. The second-order valence-electron chi connectivity index (χ2n) is 3.01. The first-order chi connectivity index (χ1) is 5.53. The summed E-state index contributed by atoms with van der Waals surface area (Å²) >= 11 is 0. The van der Waals surface area contributed by atoms with Crippen LogP contribution in [0, 0.1) is 0 Å². The van der Waals surface area contributed by atoms with Gasteiger partial charge < -0.3 is 5.32 Å². The van der Waals surface area contributed by atoms with E-state index in [1.54, 1.807) is 0 Å². The van der Waals surface area contributed by atoms with E-state index >= 15 is 0 Å². The molecule has 1 amide bonds. The minimum Gasteiger partial charge on any atom is -0.350 e. The average Bonchev–Trinajstić information content (AvgIpc) is 2.30. The zero-order valence-electron chi connectivity index (χ0n) is 6.65. The average molecular weight is 175 g/mol. The normalized spacial score (nSPS) is 26.7. The number of hydrogen-bond acceptors (Lipinski definition) is 1. The van der Waals surface area contributed by atoms with Gasteiger partial charge in [0.1, 0.15) is 0 Å². The summed E-state index contributed by atoms with van der Waals surface area (Å²) in [4.78, 5) is 10.7. The van der Waals surface area contributed by atoms with E-state index in [0.717, 1.165) is 6.08 Å². The van der Waals surface area contributed by atoms with Crippen molar-refractivity contribution in [3.8, 4) is 0 Å². The second kappa shape index (κ2) is 3.21. The number of carbonyl (C=O) groups is 1. The lowest BCUT2D eigenvalue weighted by Crippen LogP contribution is -2.32. The number of hydrogen-bond donors (Lipinski definition) is 1. The molecule has 1 aliphatic rings. The van der Waals surface area contributed by atoms with Crippen molar-refractivity contribution in [1.82, 2.24) is 5.32 Å². The van der Waals surface area contributed by atoms with Gasteiger partial charge in [-0.2, -0.15) is 0 Å². The molecular formula is C8H11F2NO. The lowest BCUT2D eigenvalue weighted by Gasteiger charge is -2.10. The van der Waals surface area contributed by atoms with E-state index < -0.39 is 5.92 Å². The van der Waals surface area contributed by atoms with E-state index in [2.05, 4.69) is 11.9 Å². The van der Waals surface area contributed by atoms with E-state index in [0.29, 0.717) is 6.42 Å². The lowest BCUT2D eigenvalue weighted by molar-refractivity contribution is -0.117. The van der Waals surface area contributed by atoms with E-state index in [1.807, 2.05) is 0 Å². The predicted molar refractivity (Wildman–Crippen MR) is 40.9 cm³/mol. The Morgan fingerprint density at radius 3 is 2.75 bits per heavy atom. The molecule has 1 fully saturated rings. The molecule has 1 saturated carbocycles. The van der Waals surface area contributed by atoms with Gasteiger partial charge >= 0.3 is 0 Å². The van der Waals surface area contributed by atoms with Gasteiger partial charge in [-0.1, -0.05) is 6.58 Å². The highest BCUT2D eigenvalue weighted by Gasteiger charge is 2.39. The minimum absolute atomic E-state index is 0.130. The van der Waals surface area contributed by atoms with E-state index in [4.69, 9.17) is 0 Å². The fraction of sp³-hybridized carbons (Fsp3) is 0.625. The van der Waals surface area contributed by atoms with Crippen molar-refractivity contribution in [2.24, 2.45) is 0 Å². The highest BCUT2D eigenvalue weighted by atomic mass is 19.3. The lowest BCUT2D eigenvalue weighted by atomic mass is 10.2. The molecule has 0 aliphatic heterocycles. The molecule has 68 valence electrons. The third-order valence-corrected chi connectivity index (χ3v) is 1.94. The van der Waals surface area contributed by atoms with Crippen LogP contribution in [0.2, 0.25) is 0 Å². The zero-order chi connectivity index (χ0) is 9.19. The summed E-state index contributed by atoms with van der Waals surface area (Å²) in [7, 11) is 0. The number of alkyl halides is 2. The molecule has 1 rings (SSSR count). The fourth-order valence-electron chi connectivity index (χ4n) is 1.33. The zero-order valence-corrected chi connectivity index (χ0v) is 6.65. The van der Waals surface area contributed by atoms with Crippen LogP contribution >= 0.6 is 0 Å². The Hall–Kier alpha value is -0.930. The Morgan fingerprint density at radius 2 is 2.33 bits per heavy atom. The van der Waals surface area contributed by atoms with Gasteiger partial charge in [-0.3, -0.25) is 4.79 Å². The van der Waals surface area contributed by atoms with Crippen LogP contribution in [0.5, 0.6) is 0 Å². The van der Waals surface area contributed by atoms with E-state index in [-0.39, 0.29) is 24.8 Å². The number of rotatable bonds is 2. The maximum Gasteiger partial charge on any atom is 0.250 e. The van der Waals surface area contributed by atoms with Crippen molar-refractivity contribution in [3.05, 3.63) is 12.7 Å². The second-order valence-corrected chi connectivity index (χ2v) is 3.01. The van der Waals surface area contributed by atoms with Crippen LogP contribution in [0.1, 0.15) is 19.3 Å². The maximum atomic E-state index is 12.6. The van der Waals surface area contributed by atoms with Gasteiger partial charge in [0.25, 0.3) is 0 Å². The summed E-state index contributed by atoms with van der Waals surface area (Å²) in [6.07, 6.45) is 1.07. The van der Waals surface area contributed by atoms with Crippen LogP contribution in [0.3, 0.4) is 0 Å². The predicted octanol–water partition coefficient (Wildman–Crippen LogP) is 1.48. The highest BCUT2D eigenvalue weighted by Crippen LogP contribution is 2.34. The smallest absolute Gasteiger partial charge is 0.250 e. The number of amides is 1. The van der Waals surface area contributed by atoms with Gasteiger partial charge in [0, 0.05) is 18.9 Å². The molecule has 1 N–H and O–H groups in total. The van der Waals surface area contributed by atoms with Crippen LogP contribution in [0.15, 0.2) is 12.7 Å². The van der Waals surface area contributed by atoms with Crippen LogP contribution < -0.4 is 5.32 Å². The highest BCUT2D eigenvalue weighted by molar-refractivity contribution is 5.87. The van der Waals surface area contributed by atoms with Crippen LogP contribution in [-0.4, -0.2) is 17.9 Å². The summed E-state index contributed by atoms with van der Waals surface area (Å²) in [5, 5.41) is 2.45. The van der Waals surface area contributed by atoms with E-state index in [1.165, 1.54) is 0 Å². The summed E-state index contributed by atoms with van der Waals surface area (Å²) in [6.45, 7) is 3.24. The topological polar surface area (TPSA) is 29.1 Å². The molecule has 0 bridgehead atoms. The molecule has 12 heavy (non-hydrogen) atoms. The van der Waals surface area contributed by atoms with Crippen molar-refractivity contribution >= 4 is 5.91 Å². The maximum absolute atomic E-state index is 12.6. The molecule has 0 aromatic heterocycles. The van der Waals surface area contributed by atoms with Crippen molar-refractivity contribution < 1.29 is 13.6 Å². The standard InChI is InChI=1S/C8H11F2NO/c1-2-7(12)11-6-3-4-8(9,10)5-6/h2,6H,1,3-5H2,(H,11,12). The fourth-order valence-corrected chi connectivity index (χ4v) is 1.33. The Bertz CT molecular complexity index is 203. The van der Waals surface area contributed by atoms with Gasteiger partial charge in [0.05, 0.1) is 0 Å². The van der Waals surface area contributed by atoms with Crippen LogP contribution in [-0.2, 0) is 4.79 Å². The largest absolute Gasteiger partial charge is 0.350 e. The Kier molecular flexibility index (Phi) is 2.45. The molecule has 1 aliphatic carbocycles. The quantitative estimate of drug-likeness (QED) is 0.633. The van der Waals surface area contributed by atoms with Gasteiger partial charge in [-0.25, -0.2) is 8.78 Å². The first-order valence-electron chi connectivity index (χ1n) is 3.84. The van der Waals surface area contributed by atoms with Crippen molar-refractivity contribution in [1.29, 1.82) is 0 Å². The number of carbonyl (C=O) groups excluding carboxylic acids is 1. The summed E-state index contributed by atoms with van der Waals surface area (Å²) in [5.41, 5.74) is 0. The van der Waals surface area contributed by atoms with Crippen molar-refractivity contribution in [2.75, 3.05) is 0 Å². The Labute approximate surface area is 69.6 Å². The molecular weight excluding hydrogens is 164 g/mol. The first-order valence-corrected chi connectivity index (χ1v) is 3.84.